The molecular weight excluding hydrogens is 319 g/mol. The predicted octanol–water partition coefficient (Wildman–Crippen LogP) is 5.15. The molecule has 0 aliphatic heterocycles. The maximum absolute atomic E-state index is 5.90. The second-order valence-corrected chi connectivity index (χ2v) is 9.91. The molecule has 0 aliphatic rings. The molecule has 2 aromatic carbocycles. The lowest BCUT2D eigenvalue weighted by Crippen LogP contribution is -2.06. The van der Waals surface area contributed by atoms with Gasteiger partial charge in [-0.05, 0) is 49.9 Å². The molecule has 0 fully saturated rings. The molecule has 0 unspecified atom stereocenters. The molecule has 0 atom stereocenters. The Morgan fingerprint density at radius 2 is 0.952 bits per heavy atom. The molecular formula is C16H18O2PS2-. The first-order chi connectivity index (χ1) is 9.80. The van der Waals surface area contributed by atoms with Crippen molar-refractivity contribution >= 4 is 30.6 Å². The standard InChI is InChI=1S/C16H19O2PS2/c1-11-7-5-8-12(2)15(11)17-19(20,21)18-16-13(3)9-6-10-14(16)4/h5-10H,1-4H3,(H,20,21)/p-1. The Bertz CT molecular complexity index is 561. The summed E-state index contributed by atoms with van der Waals surface area (Å²) in [5, 5.41) is 0. The molecule has 0 radical (unpaired) electrons. The molecule has 0 spiro atoms. The molecule has 0 aliphatic carbocycles. The lowest BCUT2D eigenvalue weighted by molar-refractivity contribution is 0.495. The third-order valence-electron chi connectivity index (χ3n) is 3.22. The molecule has 2 aromatic rings. The molecule has 2 nitrogen and oxygen atoms in total. The average Bonchev–Trinajstić information content (AvgIpc) is 2.39. The topological polar surface area (TPSA) is 18.5 Å². The van der Waals surface area contributed by atoms with Crippen LogP contribution in [0.25, 0.3) is 0 Å². The zero-order valence-electron chi connectivity index (χ0n) is 12.5. The molecule has 0 heterocycles. The van der Waals surface area contributed by atoms with E-state index >= 15 is 0 Å². The highest BCUT2D eigenvalue weighted by atomic mass is 33.1. The molecule has 0 saturated heterocycles. The van der Waals surface area contributed by atoms with Crippen molar-refractivity contribution in [2.24, 2.45) is 0 Å². The van der Waals surface area contributed by atoms with E-state index in [9.17, 15) is 0 Å². The van der Waals surface area contributed by atoms with Gasteiger partial charge in [0.2, 0.25) is 0 Å². The van der Waals surface area contributed by atoms with Crippen LogP contribution in [0.15, 0.2) is 36.4 Å². The SMILES string of the molecule is Cc1cccc(C)c1O[P+]([S-])([S-])Oc1c(C)cccc1C. The number of hydrogen-bond donors (Lipinski definition) is 0. The van der Waals surface area contributed by atoms with Crippen molar-refractivity contribution in [1.82, 2.24) is 0 Å². The first-order valence-electron chi connectivity index (χ1n) is 6.63. The summed E-state index contributed by atoms with van der Waals surface area (Å²) in [6.07, 6.45) is -2.83. The van der Waals surface area contributed by atoms with Crippen LogP contribution in [0.3, 0.4) is 0 Å². The van der Waals surface area contributed by atoms with Crippen molar-refractivity contribution in [2.75, 3.05) is 0 Å². The third-order valence-corrected chi connectivity index (χ3v) is 4.93. The number of aryl methyl sites for hydroxylation is 4. The molecule has 112 valence electrons. The first-order valence-corrected chi connectivity index (χ1v) is 10.3. The second-order valence-electron chi connectivity index (χ2n) is 5.07. The summed E-state index contributed by atoms with van der Waals surface area (Å²) in [5.74, 6) is 1.48. The van der Waals surface area contributed by atoms with E-state index in [0.717, 1.165) is 33.8 Å². The summed E-state index contributed by atoms with van der Waals surface area (Å²) < 4.78 is 11.8. The van der Waals surface area contributed by atoms with Crippen molar-refractivity contribution < 1.29 is 9.05 Å². The van der Waals surface area contributed by atoms with Gasteiger partial charge in [-0.15, -0.1) is 0 Å². The summed E-state index contributed by atoms with van der Waals surface area (Å²) in [7, 11) is 0. The maximum atomic E-state index is 5.90. The van der Waals surface area contributed by atoms with Gasteiger partial charge in [0.05, 0.1) is 0 Å². The Morgan fingerprint density at radius 1 is 0.667 bits per heavy atom. The average molecular weight is 337 g/mol. The smallest absolute Gasteiger partial charge is 0.178 e. The molecule has 5 heteroatoms. The highest BCUT2D eigenvalue weighted by molar-refractivity contribution is 8.70. The fourth-order valence-corrected chi connectivity index (χ4v) is 4.08. The van der Waals surface area contributed by atoms with Gasteiger partial charge in [-0.1, -0.05) is 36.4 Å². The van der Waals surface area contributed by atoms with Gasteiger partial charge in [-0.2, -0.15) is 0 Å². The van der Waals surface area contributed by atoms with E-state index < -0.39 is 6.12 Å². The van der Waals surface area contributed by atoms with Crippen LogP contribution in [-0.2, 0) is 24.5 Å². The third kappa shape index (κ3) is 4.09. The monoisotopic (exact) mass is 337 g/mol. The molecule has 0 amide bonds. The maximum Gasteiger partial charge on any atom is 0.178 e. The summed E-state index contributed by atoms with van der Waals surface area (Å²) in [4.78, 5) is 0. The van der Waals surface area contributed by atoms with Gasteiger partial charge in [0, 0.05) is 0 Å². The van der Waals surface area contributed by atoms with Crippen molar-refractivity contribution in [2.45, 2.75) is 27.7 Å². The van der Waals surface area contributed by atoms with E-state index in [1.165, 1.54) is 0 Å². The van der Waals surface area contributed by atoms with Gasteiger partial charge in [0.15, 0.2) is 11.5 Å². The Kier molecular flexibility index (Phi) is 5.13. The van der Waals surface area contributed by atoms with Crippen molar-refractivity contribution in [3.63, 3.8) is 0 Å². The number of benzene rings is 2. The van der Waals surface area contributed by atoms with Gasteiger partial charge in [-0.3, -0.25) is 0 Å². The van der Waals surface area contributed by atoms with Crippen molar-refractivity contribution in [3.05, 3.63) is 58.7 Å². The van der Waals surface area contributed by atoms with Crippen molar-refractivity contribution in [1.29, 1.82) is 0 Å². The molecule has 21 heavy (non-hydrogen) atoms. The van der Waals surface area contributed by atoms with Gasteiger partial charge in [0.25, 0.3) is 0 Å². The van der Waals surface area contributed by atoms with Crippen LogP contribution >= 0.6 is 6.12 Å². The quantitative estimate of drug-likeness (QED) is 0.567. The van der Waals surface area contributed by atoms with Gasteiger partial charge in [-0.25, -0.2) is 0 Å². The van der Waals surface area contributed by atoms with Crippen LogP contribution in [0.1, 0.15) is 22.3 Å². The number of para-hydroxylation sites is 2. The van der Waals surface area contributed by atoms with Crippen LogP contribution in [0.5, 0.6) is 11.5 Å². The fraction of sp³-hybridized carbons (Fsp3) is 0.250. The van der Waals surface area contributed by atoms with Crippen LogP contribution in [0.2, 0.25) is 0 Å². The minimum Gasteiger partial charge on any atom is -0.496 e. The molecule has 2 rings (SSSR count). The minimum absolute atomic E-state index is 0.738. The normalized spacial score (nSPS) is 11.3. The zero-order chi connectivity index (χ0) is 15.6. The summed E-state index contributed by atoms with van der Waals surface area (Å²) in [5.41, 5.74) is 4.05. The van der Waals surface area contributed by atoms with Crippen LogP contribution in [-0.4, -0.2) is 0 Å². The van der Waals surface area contributed by atoms with Gasteiger partial charge in [0.1, 0.15) is 6.12 Å². The van der Waals surface area contributed by atoms with Crippen molar-refractivity contribution in [3.8, 4) is 11.5 Å². The molecule has 0 saturated carbocycles. The lowest BCUT2D eigenvalue weighted by Gasteiger charge is -2.36. The highest BCUT2D eigenvalue weighted by Gasteiger charge is 2.19. The number of rotatable bonds is 4. The summed E-state index contributed by atoms with van der Waals surface area (Å²) in [6, 6.07) is 11.9. The Balaban J connectivity index is 2.27. The summed E-state index contributed by atoms with van der Waals surface area (Å²) >= 11 is 10.9. The Hall–Kier alpha value is -0.830. The van der Waals surface area contributed by atoms with E-state index in [1.807, 2.05) is 64.1 Å². The van der Waals surface area contributed by atoms with Gasteiger partial charge >= 0.3 is 0 Å². The largest absolute Gasteiger partial charge is 0.496 e. The van der Waals surface area contributed by atoms with E-state index in [2.05, 4.69) is 0 Å². The molecule has 0 aromatic heterocycles. The zero-order valence-corrected chi connectivity index (χ0v) is 15.1. The van der Waals surface area contributed by atoms with Crippen LogP contribution in [0.4, 0.5) is 0 Å². The Labute approximate surface area is 137 Å². The second kappa shape index (κ2) is 6.51. The van der Waals surface area contributed by atoms with Crippen LogP contribution < -0.4 is 9.05 Å². The van der Waals surface area contributed by atoms with E-state index in [1.54, 1.807) is 0 Å². The lowest BCUT2D eigenvalue weighted by atomic mass is 10.1. The first kappa shape index (κ1) is 16.5. The predicted molar refractivity (Wildman–Crippen MR) is 94.7 cm³/mol. The Morgan fingerprint density at radius 3 is 1.24 bits per heavy atom. The summed E-state index contributed by atoms with van der Waals surface area (Å²) in [6.45, 7) is 7.91. The van der Waals surface area contributed by atoms with E-state index in [0.29, 0.717) is 0 Å². The van der Waals surface area contributed by atoms with Crippen LogP contribution in [0, 0.1) is 27.7 Å². The highest BCUT2D eigenvalue weighted by Crippen LogP contribution is 2.57. The number of hydrogen-bond acceptors (Lipinski definition) is 4. The van der Waals surface area contributed by atoms with E-state index in [-0.39, 0.29) is 0 Å². The minimum atomic E-state index is -2.83. The molecule has 0 bridgehead atoms. The van der Waals surface area contributed by atoms with E-state index in [4.69, 9.17) is 33.5 Å². The molecule has 0 N–H and O–H groups in total. The fourth-order valence-electron chi connectivity index (χ4n) is 2.13. The van der Waals surface area contributed by atoms with Gasteiger partial charge < -0.3 is 33.5 Å².